The Kier molecular flexibility index (Phi) is 10.7. The zero-order valence-electron chi connectivity index (χ0n) is 10.5. The van der Waals surface area contributed by atoms with Crippen LogP contribution < -0.4 is 0 Å². The number of rotatable bonds is 11. The molecular formula is C12H23F3O2. The van der Waals surface area contributed by atoms with Gasteiger partial charge in [-0.2, -0.15) is 0 Å². The van der Waals surface area contributed by atoms with Crippen molar-refractivity contribution in [3.05, 3.63) is 0 Å². The number of unbranched alkanes of at least 4 members (excludes halogenated alkanes) is 5. The van der Waals surface area contributed by atoms with Crippen LogP contribution in [0.5, 0.6) is 0 Å². The number of halogens is 3. The van der Waals surface area contributed by atoms with Gasteiger partial charge >= 0.3 is 6.36 Å². The largest absolute Gasteiger partial charge is 0.522 e. The first-order valence-corrected chi connectivity index (χ1v) is 6.34. The topological polar surface area (TPSA) is 18.5 Å². The molecule has 0 fully saturated rings. The van der Waals surface area contributed by atoms with E-state index in [9.17, 15) is 13.2 Å². The maximum atomic E-state index is 11.6. The summed E-state index contributed by atoms with van der Waals surface area (Å²) in [7, 11) is 0. The zero-order valence-corrected chi connectivity index (χ0v) is 10.5. The molecule has 2 nitrogen and oxygen atoms in total. The van der Waals surface area contributed by atoms with Crippen molar-refractivity contribution in [1.82, 2.24) is 0 Å². The first-order valence-electron chi connectivity index (χ1n) is 6.34. The lowest BCUT2D eigenvalue weighted by Gasteiger charge is -2.07. The molecule has 0 aromatic rings. The van der Waals surface area contributed by atoms with Gasteiger partial charge < -0.3 is 4.74 Å². The van der Waals surface area contributed by atoms with Crippen LogP contribution in [0, 0.1) is 0 Å². The summed E-state index contributed by atoms with van der Waals surface area (Å²) in [4.78, 5) is 0. The third kappa shape index (κ3) is 15.7. The second-order valence-corrected chi connectivity index (χ2v) is 4.03. The average molecular weight is 256 g/mol. The molecule has 0 rings (SSSR count). The highest BCUT2D eigenvalue weighted by molar-refractivity contribution is 4.45. The van der Waals surface area contributed by atoms with Crippen LogP contribution in [0.15, 0.2) is 0 Å². The van der Waals surface area contributed by atoms with Crippen LogP contribution in [0.25, 0.3) is 0 Å². The third-order valence-corrected chi connectivity index (χ3v) is 2.34. The number of hydrogen-bond acceptors (Lipinski definition) is 2. The molecular weight excluding hydrogens is 233 g/mol. The summed E-state index contributed by atoms with van der Waals surface area (Å²) >= 11 is 0. The van der Waals surface area contributed by atoms with Gasteiger partial charge in [0.2, 0.25) is 0 Å². The quantitative estimate of drug-likeness (QED) is 0.513. The summed E-state index contributed by atoms with van der Waals surface area (Å²) < 4.78 is 43.8. The third-order valence-electron chi connectivity index (χ3n) is 2.34. The van der Waals surface area contributed by atoms with E-state index in [4.69, 9.17) is 4.74 Å². The van der Waals surface area contributed by atoms with Gasteiger partial charge in [0.25, 0.3) is 0 Å². The van der Waals surface area contributed by atoms with Crippen LogP contribution in [0.2, 0.25) is 0 Å². The number of hydrogen-bond donors (Lipinski definition) is 0. The summed E-state index contributed by atoms with van der Waals surface area (Å²) in [6.45, 7) is 3.47. The van der Waals surface area contributed by atoms with Gasteiger partial charge in [-0.05, 0) is 19.3 Å². The van der Waals surface area contributed by atoms with E-state index < -0.39 is 6.36 Å². The highest BCUT2D eigenvalue weighted by Gasteiger charge is 2.28. The van der Waals surface area contributed by atoms with E-state index in [2.05, 4.69) is 11.7 Å². The first-order chi connectivity index (χ1) is 8.06. The normalized spacial score (nSPS) is 12.0. The van der Waals surface area contributed by atoms with Gasteiger partial charge in [0.1, 0.15) is 0 Å². The van der Waals surface area contributed by atoms with E-state index >= 15 is 0 Å². The Labute approximate surface area is 101 Å². The van der Waals surface area contributed by atoms with Crippen LogP contribution in [0.4, 0.5) is 13.2 Å². The Bertz CT molecular complexity index is 160. The molecule has 0 heterocycles. The molecule has 0 bridgehead atoms. The van der Waals surface area contributed by atoms with Gasteiger partial charge in [-0.25, -0.2) is 0 Å². The van der Waals surface area contributed by atoms with Gasteiger partial charge in [0.05, 0.1) is 6.61 Å². The van der Waals surface area contributed by atoms with Crippen molar-refractivity contribution < 1.29 is 22.6 Å². The zero-order chi connectivity index (χ0) is 13.0. The predicted octanol–water partition coefficient (Wildman–Crippen LogP) is 4.29. The van der Waals surface area contributed by atoms with Gasteiger partial charge in [0.15, 0.2) is 0 Å². The molecule has 0 aliphatic rings. The lowest BCUT2D eigenvalue weighted by molar-refractivity contribution is -0.324. The molecule has 104 valence electrons. The number of ether oxygens (including phenoxy) is 2. The molecule has 5 heteroatoms. The minimum absolute atomic E-state index is 0.226. The van der Waals surface area contributed by atoms with Crippen molar-refractivity contribution in [2.75, 3.05) is 19.8 Å². The Balaban J connectivity index is 2.99. The molecule has 0 unspecified atom stereocenters. The van der Waals surface area contributed by atoms with Crippen LogP contribution in [-0.4, -0.2) is 26.2 Å². The van der Waals surface area contributed by atoms with Crippen LogP contribution >= 0.6 is 0 Å². The van der Waals surface area contributed by atoms with E-state index in [1.54, 1.807) is 0 Å². The van der Waals surface area contributed by atoms with Crippen molar-refractivity contribution >= 4 is 0 Å². The Hall–Kier alpha value is -0.290. The van der Waals surface area contributed by atoms with E-state index in [-0.39, 0.29) is 6.61 Å². The molecule has 0 radical (unpaired) electrons. The minimum Gasteiger partial charge on any atom is -0.381 e. The smallest absolute Gasteiger partial charge is 0.381 e. The minimum atomic E-state index is -4.48. The van der Waals surface area contributed by atoms with E-state index in [1.807, 2.05) is 0 Å². The maximum absolute atomic E-state index is 11.6. The highest BCUT2D eigenvalue weighted by atomic mass is 19.4. The summed E-state index contributed by atoms with van der Waals surface area (Å²) in [5.74, 6) is 0. The molecule has 0 aliphatic heterocycles. The van der Waals surface area contributed by atoms with E-state index in [0.717, 1.165) is 51.7 Å². The molecule has 17 heavy (non-hydrogen) atoms. The fourth-order valence-corrected chi connectivity index (χ4v) is 1.37. The van der Waals surface area contributed by atoms with Crippen molar-refractivity contribution in [2.45, 2.75) is 58.2 Å². The summed E-state index contributed by atoms with van der Waals surface area (Å²) in [6, 6.07) is 0. The molecule has 0 saturated heterocycles. The fraction of sp³-hybridized carbons (Fsp3) is 1.00. The second-order valence-electron chi connectivity index (χ2n) is 4.03. The molecule has 0 saturated carbocycles. The second kappa shape index (κ2) is 10.8. The Morgan fingerprint density at radius 2 is 1.29 bits per heavy atom. The Morgan fingerprint density at radius 3 is 1.88 bits per heavy atom. The van der Waals surface area contributed by atoms with Crippen molar-refractivity contribution in [1.29, 1.82) is 0 Å². The first kappa shape index (κ1) is 16.7. The lowest BCUT2D eigenvalue weighted by Crippen LogP contribution is -2.13. The molecule has 0 aromatic carbocycles. The summed E-state index contributed by atoms with van der Waals surface area (Å²) in [5, 5.41) is 0. The van der Waals surface area contributed by atoms with E-state index in [0.29, 0.717) is 6.42 Å². The van der Waals surface area contributed by atoms with Gasteiger partial charge in [-0.3, -0.25) is 4.74 Å². The Morgan fingerprint density at radius 1 is 0.765 bits per heavy atom. The molecule has 0 N–H and O–H groups in total. The van der Waals surface area contributed by atoms with Gasteiger partial charge in [0, 0.05) is 13.2 Å². The molecule has 0 spiro atoms. The van der Waals surface area contributed by atoms with Crippen molar-refractivity contribution in [3.8, 4) is 0 Å². The predicted molar refractivity (Wildman–Crippen MR) is 60.8 cm³/mol. The summed E-state index contributed by atoms with van der Waals surface area (Å²) in [5.41, 5.74) is 0. The standard InChI is InChI=1S/C12H23F3O2/c1-2-3-9-16-10-7-5-4-6-8-11-17-12(13,14)15/h2-11H2,1H3. The van der Waals surface area contributed by atoms with Crippen molar-refractivity contribution in [3.63, 3.8) is 0 Å². The van der Waals surface area contributed by atoms with E-state index in [1.165, 1.54) is 0 Å². The monoisotopic (exact) mass is 256 g/mol. The SMILES string of the molecule is CCCCOCCCCCCCOC(F)(F)F. The highest BCUT2D eigenvalue weighted by Crippen LogP contribution is 2.16. The lowest BCUT2D eigenvalue weighted by atomic mass is 10.1. The maximum Gasteiger partial charge on any atom is 0.522 e. The van der Waals surface area contributed by atoms with Crippen molar-refractivity contribution in [2.24, 2.45) is 0 Å². The number of alkyl halides is 3. The fourth-order valence-electron chi connectivity index (χ4n) is 1.37. The summed E-state index contributed by atoms with van der Waals surface area (Å²) in [6.07, 6.45) is 1.95. The van der Waals surface area contributed by atoms with Crippen LogP contribution in [-0.2, 0) is 9.47 Å². The van der Waals surface area contributed by atoms with Crippen LogP contribution in [0.3, 0.4) is 0 Å². The molecule has 0 aliphatic carbocycles. The molecule has 0 atom stereocenters. The molecule has 0 aromatic heterocycles. The average Bonchev–Trinajstić information content (AvgIpc) is 2.24. The molecule has 0 amide bonds. The van der Waals surface area contributed by atoms with Gasteiger partial charge in [-0.1, -0.05) is 32.6 Å². The van der Waals surface area contributed by atoms with Gasteiger partial charge in [-0.15, -0.1) is 13.2 Å². The van der Waals surface area contributed by atoms with Crippen LogP contribution in [0.1, 0.15) is 51.9 Å².